The molecule has 0 spiro atoms. The highest BCUT2D eigenvalue weighted by Crippen LogP contribution is 2.37. The molecule has 1 fully saturated rings. The summed E-state index contributed by atoms with van der Waals surface area (Å²) in [6.45, 7) is 0.471. The van der Waals surface area contributed by atoms with E-state index in [-0.39, 0.29) is 40.9 Å². The molecule has 1 atom stereocenters. The number of likely N-dealkylation sites (tertiary alicyclic amines) is 1. The first kappa shape index (κ1) is 22.4. The molecule has 0 aliphatic carbocycles. The zero-order chi connectivity index (χ0) is 22.4. The minimum Gasteiger partial charge on any atom is -0.493 e. The SMILES string of the molecule is COc1cc(C(=O)N2CCCC(C(=O)Nc3ccccc3)C2)cc(Cl)c1OCC(N)=O. The molecular formula is C22H24ClN3O5. The zero-order valence-electron chi connectivity index (χ0n) is 17.1. The van der Waals surface area contributed by atoms with E-state index in [1.165, 1.54) is 19.2 Å². The fourth-order valence-electron chi connectivity index (χ4n) is 3.45. The molecule has 2 aromatic rings. The number of carbonyl (C=O) groups excluding carboxylic acids is 3. The van der Waals surface area contributed by atoms with E-state index in [1.54, 1.807) is 4.90 Å². The lowest BCUT2D eigenvalue weighted by Crippen LogP contribution is -2.43. The van der Waals surface area contributed by atoms with Crippen LogP contribution in [-0.2, 0) is 9.59 Å². The number of rotatable bonds is 7. The van der Waals surface area contributed by atoms with Crippen LogP contribution < -0.4 is 20.5 Å². The molecular weight excluding hydrogens is 422 g/mol. The molecule has 0 radical (unpaired) electrons. The molecule has 3 N–H and O–H groups in total. The first-order valence-corrected chi connectivity index (χ1v) is 10.2. The van der Waals surface area contributed by atoms with Crippen LogP contribution in [0.3, 0.4) is 0 Å². The number of ether oxygens (including phenoxy) is 2. The van der Waals surface area contributed by atoms with Crippen LogP contribution in [0.4, 0.5) is 5.69 Å². The van der Waals surface area contributed by atoms with E-state index in [9.17, 15) is 14.4 Å². The Morgan fingerprint density at radius 1 is 1.23 bits per heavy atom. The average Bonchev–Trinajstić information content (AvgIpc) is 2.77. The summed E-state index contributed by atoms with van der Waals surface area (Å²) in [6, 6.07) is 12.2. The first-order chi connectivity index (χ1) is 14.9. The van der Waals surface area contributed by atoms with Gasteiger partial charge in [0.2, 0.25) is 5.91 Å². The van der Waals surface area contributed by atoms with Crippen molar-refractivity contribution in [2.24, 2.45) is 11.7 Å². The second kappa shape index (κ2) is 10.2. The number of amides is 3. The Bertz CT molecular complexity index is 967. The van der Waals surface area contributed by atoms with Crippen LogP contribution in [0.25, 0.3) is 0 Å². The number of benzene rings is 2. The van der Waals surface area contributed by atoms with Crippen LogP contribution in [0.5, 0.6) is 11.5 Å². The predicted octanol–water partition coefficient (Wildman–Crippen LogP) is 2.70. The standard InChI is InChI=1S/C22H24ClN3O5/c1-30-18-11-15(10-17(23)20(18)31-13-19(24)27)22(29)26-9-5-6-14(12-26)21(28)25-16-7-3-2-4-8-16/h2-4,7-8,10-11,14H,5-6,9,12-13H2,1H3,(H2,24,27)(H,25,28). The van der Waals surface area contributed by atoms with Crippen molar-refractivity contribution in [2.75, 3.05) is 32.1 Å². The molecule has 164 valence electrons. The summed E-state index contributed by atoms with van der Waals surface area (Å²) in [4.78, 5) is 38.4. The van der Waals surface area contributed by atoms with Crippen LogP contribution in [0.1, 0.15) is 23.2 Å². The summed E-state index contributed by atoms with van der Waals surface area (Å²) in [5.41, 5.74) is 6.13. The van der Waals surface area contributed by atoms with Gasteiger partial charge in [0, 0.05) is 24.3 Å². The van der Waals surface area contributed by atoms with Gasteiger partial charge in [-0.15, -0.1) is 0 Å². The fourth-order valence-corrected chi connectivity index (χ4v) is 3.72. The Morgan fingerprint density at radius 3 is 2.65 bits per heavy atom. The van der Waals surface area contributed by atoms with Crippen LogP contribution in [0.2, 0.25) is 5.02 Å². The van der Waals surface area contributed by atoms with Gasteiger partial charge in [-0.25, -0.2) is 0 Å². The molecule has 0 bridgehead atoms. The van der Waals surface area contributed by atoms with E-state index in [4.69, 9.17) is 26.8 Å². The lowest BCUT2D eigenvalue weighted by atomic mass is 9.96. The quantitative estimate of drug-likeness (QED) is 0.680. The summed E-state index contributed by atoms with van der Waals surface area (Å²) < 4.78 is 10.6. The van der Waals surface area contributed by atoms with Crippen molar-refractivity contribution in [3.05, 3.63) is 53.1 Å². The summed E-state index contributed by atoms with van der Waals surface area (Å²) in [7, 11) is 1.40. The first-order valence-electron chi connectivity index (χ1n) is 9.83. The topological polar surface area (TPSA) is 111 Å². The van der Waals surface area contributed by atoms with Crippen LogP contribution >= 0.6 is 11.6 Å². The van der Waals surface area contributed by atoms with Crippen molar-refractivity contribution in [3.8, 4) is 11.5 Å². The molecule has 2 aromatic carbocycles. The third kappa shape index (κ3) is 5.67. The largest absolute Gasteiger partial charge is 0.493 e. The number of methoxy groups -OCH3 is 1. The van der Waals surface area contributed by atoms with Gasteiger partial charge in [0.25, 0.3) is 11.8 Å². The van der Waals surface area contributed by atoms with Crippen molar-refractivity contribution in [1.82, 2.24) is 4.90 Å². The number of para-hydroxylation sites is 1. The predicted molar refractivity (Wildman–Crippen MR) is 116 cm³/mol. The minimum absolute atomic E-state index is 0.116. The Hall–Kier alpha value is -3.26. The second-order valence-corrected chi connectivity index (χ2v) is 7.60. The van der Waals surface area contributed by atoms with E-state index < -0.39 is 5.91 Å². The minimum atomic E-state index is -0.661. The summed E-state index contributed by atoms with van der Waals surface area (Å²) in [5.74, 6) is -1.00. The Morgan fingerprint density at radius 2 is 1.97 bits per heavy atom. The number of hydrogen-bond donors (Lipinski definition) is 2. The van der Waals surface area contributed by atoms with Gasteiger partial charge in [0.05, 0.1) is 18.1 Å². The van der Waals surface area contributed by atoms with Gasteiger partial charge in [0.1, 0.15) is 0 Å². The number of halogens is 1. The molecule has 0 aromatic heterocycles. The molecule has 1 heterocycles. The number of anilines is 1. The number of piperidine rings is 1. The molecule has 1 aliphatic heterocycles. The van der Waals surface area contributed by atoms with E-state index in [0.29, 0.717) is 31.5 Å². The molecule has 8 nitrogen and oxygen atoms in total. The Labute approximate surface area is 185 Å². The van der Waals surface area contributed by atoms with E-state index in [0.717, 1.165) is 5.69 Å². The van der Waals surface area contributed by atoms with Gasteiger partial charge in [-0.3, -0.25) is 14.4 Å². The highest BCUT2D eigenvalue weighted by atomic mass is 35.5. The molecule has 3 amide bonds. The number of nitrogens with one attached hydrogen (secondary N) is 1. The lowest BCUT2D eigenvalue weighted by molar-refractivity contribution is -0.121. The Kier molecular flexibility index (Phi) is 7.36. The molecule has 0 saturated carbocycles. The van der Waals surface area contributed by atoms with Gasteiger partial charge >= 0.3 is 0 Å². The highest BCUT2D eigenvalue weighted by Gasteiger charge is 2.30. The van der Waals surface area contributed by atoms with Crippen LogP contribution in [-0.4, -0.2) is 49.4 Å². The number of hydrogen-bond acceptors (Lipinski definition) is 5. The van der Waals surface area contributed by atoms with Crippen molar-refractivity contribution in [3.63, 3.8) is 0 Å². The van der Waals surface area contributed by atoms with Gasteiger partial charge in [-0.2, -0.15) is 0 Å². The second-order valence-electron chi connectivity index (χ2n) is 7.19. The van der Waals surface area contributed by atoms with Crippen LogP contribution in [0, 0.1) is 5.92 Å². The normalized spacial score (nSPS) is 15.8. The van der Waals surface area contributed by atoms with Crippen molar-refractivity contribution >= 4 is 35.0 Å². The van der Waals surface area contributed by atoms with Gasteiger partial charge < -0.3 is 25.4 Å². The number of nitrogens with zero attached hydrogens (tertiary/aromatic N) is 1. The molecule has 9 heteroatoms. The Balaban J connectivity index is 1.72. The maximum atomic E-state index is 13.1. The molecule has 31 heavy (non-hydrogen) atoms. The van der Waals surface area contributed by atoms with Crippen molar-refractivity contribution in [1.29, 1.82) is 0 Å². The smallest absolute Gasteiger partial charge is 0.255 e. The van der Waals surface area contributed by atoms with Crippen molar-refractivity contribution < 1.29 is 23.9 Å². The van der Waals surface area contributed by atoms with E-state index >= 15 is 0 Å². The average molecular weight is 446 g/mol. The van der Waals surface area contributed by atoms with Gasteiger partial charge in [-0.05, 0) is 37.1 Å². The van der Waals surface area contributed by atoms with Crippen LogP contribution in [0.15, 0.2) is 42.5 Å². The maximum absolute atomic E-state index is 13.1. The monoisotopic (exact) mass is 445 g/mol. The van der Waals surface area contributed by atoms with E-state index in [2.05, 4.69) is 5.32 Å². The summed E-state index contributed by atoms with van der Waals surface area (Å²) in [5, 5.41) is 3.02. The summed E-state index contributed by atoms with van der Waals surface area (Å²) in [6.07, 6.45) is 1.41. The molecule has 1 aliphatic rings. The third-order valence-corrected chi connectivity index (χ3v) is 5.24. The van der Waals surface area contributed by atoms with Gasteiger partial charge in [-0.1, -0.05) is 29.8 Å². The number of primary amides is 1. The number of carbonyl (C=O) groups is 3. The molecule has 3 rings (SSSR count). The number of nitrogens with two attached hydrogens (primary N) is 1. The maximum Gasteiger partial charge on any atom is 0.255 e. The molecule has 1 unspecified atom stereocenters. The highest BCUT2D eigenvalue weighted by molar-refractivity contribution is 6.32. The molecule has 1 saturated heterocycles. The third-order valence-electron chi connectivity index (χ3n) is 4.96. The summed E-state index contributed by atoms with van der Waals surface area (Å²) >= 11 is 6.26. The van der Waals surface area contributed by atoms with E-state index in [1.807, 2.05) is 30.3 Å². The zero-order valence-corrected chi connectivity index (χ0v) is 17.9. The van der Waals surface area contributed by atoms with Gasteiger partial charge in [0.15, 0.2) is 18.1 Å². The lowest BCUT2D eigenvalue weighted by Gasteiger charge is -2.32. The fraction of sp³-hybridized carbons (Fsp3) is 0.318. The van der Waals surface area contributed by atoms with Crippen molar-refractivity contribution in [2.45, 2.75) is 12.8 Å².